The minimum Gasteiger partial charge on any atom is -0.497 e. The number of nitrogens with zero attached hydrogens (tertiary/aromatic N) is 4. The average Bonchev–Trinajstić information content (AvgIpc) is 3.16. The van der Waals surface area contributed by atoms with Gasteiger partial charge < -0.3 is 4.74 Å². The first-order valence-electron chi connectivity index (χ1n) is 9.13. The van der Waals surface area contributed by atoms with Gasteiger partial charge in [0.25, 0.3) is 0 Å². The number of ether oxygens (including phenoxy) is 1. The maximum absolute atomic E-state index is 12.5. The molecule has 7 heteroatoms. The summed E-state index contributed by atoms with van der Waals surface area (Å²) in [6.45, 7) is 4.12. The zero-order valence-corrected chi connectivity index (χ0v) is 17.2. The second kappa shape index (κ2) is 8.05. The van der Waals surface area contributed by atoms with Gasteiger partial charge in [-0.05, 0) is 49.7 Å². The van der Waals surface area contributed by atoms with E-state index in [1.807, 2.05) is 10.7 Å². The van der Waals surface area contributed by atoms with Gasteiger partial charge in [0, 0.05) is 5.56 Å². The highest BCUT2D eigenvalue weighted by Crippen LogP contribution is 2.27. The lowest BCUT2D eigenvalue weighted by Gasteiger charge is -2.08. The number of carbonyl (C=O) groups excluding carboxylic acids is 1. The molecular formula is C22H20N4O2S. The van der Waals surface area contributed by atoms with Crippen molar-refractivity contribution in [3.8, 4) is 11.4 Å². The lowest BCUT2D eigenvalue weighted by atomic mass is 10.1. The highest BCUT2D eigenvalue weighted by molar-refractivity contribution is 8.00. The number of aromatic nitrogens is 4. The van der Waals surface area contributed by atoms with Gasteiger partial charge in [0.05, 0.1) is 30.1 Å². The van der Waals surface area contributed by atoms with Crippen molar-refractivity contribution in [2.75, 3.05) is 12.9 Å². The van der Waals surface area contributed by atoms with Crippen LogP contribution in [0, 0.1) is 13.8 Å². The van der Waals surface area contributed by atoms with Crippen molar-refractivity contribution in [3.63, 3.8) is 0 Å². The fourth-order valence-electron chi connectivity index (χ4n) is 3.15. The zero-order valence-electron chi connectivity index (χ0n) is 16.4. The lowest BCUT2D eigenvalue weighted by Crippen LogP contribution is -2.03. The highest BCUT2D eigenvalue weighted by atomic mass is 32.2. The summed E-state index contributed by atoms with van der Waals surface area (Å²) in [7, 11) is 1.60. The number of methoxy groups -OCH3 is 1. The van der Waals surface area contributed by atoms with Crippen LogP contribution in [-0.2, 0) is 0 Å². The second-order valence-corrected chi connectivity index (χ2v) is 7.67. The van der Waals surface area contributed by atoms with Gasteiger partial charge >= 0.3 is 0 Å². The molecule has 0 radical (unpaired) electrons. The predicted molar refractivity (Wildman–Crippen MR) is 114 cm³/mol. The number of rotatable bonds is 6. The molecule has 146 valence electrons. The van der Waals surface area contributed by atoms with Crippen LogP contribution in [0.5, 0.6) is 5.75 Å². The van der Waals surface area contributed by atoms with Gasteiger partial charge in [-0.3, -0.25) is 4.79 Å². The van der Waals surface area contributed by atoms with E-state index >= 15 is 0 Å². The molecule has 0 unspecified atom stereocenters. The molecule has 0 amide bonds. The molecule has 0 N–H and O–H groups in total. The van der Waals surface area contributed by atoms with Crippen molar-refractivity contribution < 1.29 is 9.53 Å². The molecule has 2 aromatic heterocycles. The summed E-state index contributed by atoms with van der Waals surface area (Å²) in [5.74, 6) is 1.05. The number of benzene rings is 2. The SMILES string of the molecule is COc1ccc(C(=O)CSc2ncnc3c2cnn3-c2ccc(C)cc2C)cc1. The molecule has 0 saturated carbocycles. The fraction of sp³-hybridized carbons (Fsp3) is 0.182. The highest BCUT2D eigenvalue weighted by Gasteiger charge is 2.15. The minimum absolute atomic E-state index is 0.0335. The van der Waals surface area contributed by atoms with Gasteiger partial charge in [-0.25, -0.2) is 14.6 Å². The van der Waals surface area contributed by atoms with Gasteiger partial charge in [-0.1, -0.05) is 29.5 Å². The van der Waals surface area contributed by atoms with Crippen molar-refractivity contribution in [2.45, 2.75) is 18.9 Å². The van der Waals surface area contributed by atoms with Crippen molar-refractivity contribution in [3.05, 3.63) is 71.7 Å². The van der Waals surface area contributed by atoms with E-state index in [2.05, 4.69) is 41.0 Å². The Hall–Kier alpha value is -3.19. The Morgan fingerprint density at radius 3 is 2.62 bits per heavy atom. The Bertz CT molecular complexity index is 1190. The number of ketones is 1. The van der Waals surface area contributed by atoms with Crippen molar-refractivity contribution in [1.82, 2.24) is 19.7 Å². The average molecular weight is 404 g/mol. The van der Waals surface area contributed by atoms with Gasteiger partial charge in [0.2, 0.25) is 0 Å². The molecular weight excluding hydrogens is 384 g/mol. The van der Waals surface area contributed by atoms with E-state index in [0.29, 0.717) is 5.56 Å². The molecule has 4 aromatic rings. The van der Waals surface area contributed by atoms with E-state index in [1.165, 1.54) is 23.7 Å². The van der Waals surface area contributed by atoms with E-state index in [-0.39, 0.29) is 11.5 Å². The largest absolute Gasteiger partial charge is 0.497 e. The smallest absolute Gasteiger partial charge is 0.173 e. The van der Waals surface area contributed by atoms with Crippen LogP contribution < -0.4 is 4.74 Å². The molecule has 0 fully saturated rings. The number of Topliss-reactive ketones (excluding diaryl/α,β-unsaturated/α-hetero) is 1. The van der Waals surface area contributed by atoms with E-state index < -0.39 is 0 Å². The molecule has 2 heterocycles. The predicted octanol–water partition coefficient (Wildman–Crippen LogP) is 4.42. The third-order valence-electron chi connectivity index (χ3n) is 4.66. The van der Waals surface area contributed by atoms with Gasteiger partial charge in [0.1, 0.15) is 17.1 Å². The van der Waals surface area contributed by atoms with Crippen LogP contribution in [0.25, 0.3) is 16.7 Å². The molecule has 29 heavy (non-hydrogen) atoms. The van der Waals surface area contributed by atoms with Crippen LogP contribution in [0.3, 0.4) is 0 Å². The van der Waals surface area contributed by atoms with Crippen molar-refractivity contribution in [2.24, 2.45) is 0 Å². The fourth-order valence-corrected chi connectivity index (χ4v) is 4.01. The topological polar surface area (TPSA) is 69.9 Å². The van der Waals surface area contributed by atoms with Gasteiger partial charge in [-0.2, -0.15) is 5.10 Å². The minimum atomic E-state index is 0.0335. The van der Waals surface area contributed by atoms with Crippen LogP contribution in [0.1, 0.15) is 21.5 Å². The van der Waals surface area contributed by atoms with Gasteiger partial charge in [-0.15, -0.1) is 0 Å². The molecule has 0 spiro atoms. The van der Waals surface area contributed by atoms with Gasteiger partial charge in [0.15, 0.2) is 11.4 Å². The van der Waals surface area contributed by atoms with Crippen LogP contribution in [-0.4, -0.2) is 38.4 Å². The van der Waals surface area contributed by atoms with Crippen molar-refractivity contribution in [1.29, 1.82) is 0 Å². The summed E-state index contributed by atoms with van der Waals surface area (Å²) in [6, 6.07) is 13.3. The molecule has 6 nitrogen and oxygen atoms in total. The molecule has 0 saturated heterocycles. The summed E-state index contributed by atoms with van der Waals surface area (Å²) in [6.07, 6.45) is 3.28. The molecule has 2 aromatic carbocycles. The Morgan fingerprint density at radius 2 is 1.90 bits per heavy atom. The van der Waals surface area contributed by atoms with E-state index in [4.69, 9.17) is 4.74 Å². The van der Waals surface area contributed by atoms with E-state index in [0.717, 1.165) is 33.1 Å². The number of hydrogen-bond acceptors (Lipinski definition) is 6. The normalized spacial score (nSPS) is 11.0. The van der Waals surface area contributed by atoms with E-state index in [1.54, 1.807) is 37.6 Å². The maximum atomic E-state index is 12.5. The van der Waals surface area contributed by atoms with E-state index in [9.17, 15) is 4.79 Å². The Balaban J connectivity index is 1.58. The number of thioether (sulfide) groups is 1. The summed E-state index contributed by atoms with van der Waals surface area (Å²) >= 11 is 1.39. The Labute approximate surface area is 172 Å². The molecule has 0 aliphatic heterocycles. The molecule has 0 bridgehead atoms. The Morgan fingerprint density at radius 1 is 1.10 bits per heavy atom. The summed E-state index contributed by atoms with van der Waals surface area (Å²) in [5.41, 5.74) is 4.68. The molecule has 4 rings (SSSR count). The maximum Gasteiger partial charge on any atom is 0.173 e. The summed E-state index contributed by atoms with van der Waals surface area (Å²) in [5, 5.41) is 6.10. The van der Waals surface area contributed by atoms with Crippen molar-refractivity contribution >= 4 is 28.6 Å². The monoisotopic (exact) mass is 404 g/mol. The number of carbonyl (C=O) groups is 1. The second-order valence-electron chi connectivity index (χ2n) is 6.70. The zero-order chi connectivity index (χ0) is 20.4. The third kappa shape index (κ3) is 3.86. The standard InChI is InChI=1S/C22H20N4O2S/c1-14-4-9-19(15(2)10-14)26-21-18(11-25-26)22(24-13-23-21)29-12-20(27)16-5-7-17(28-3)8-6-16/h4-11,13H,12H2,1-3H3. The quantitative estimate of drug-likeness (QED) is 0.269. The number of hydrogen-bond donors (Lipinski definition) is 0. The third-order valence-corrected chi connectivity index (χ3v) is 5.67. The number of aryl methyl sites for hydroxylation is 2. The molecule has 0 aliphatic carbocycles. The Kier molecular flexibility index (Phi) is 5.31. The van der Waals surface area contributed by atoms with Crippen LogP contribution in [0.4, 0.5) is 0 Å². The van der Waals surface area contributed by atoms with Crippen LogP contribution in [0.15, 0.2) is 60.0 Å². The van der Waals surface area contributed by atoms with Crippen LogP contribution >= 0.6 is 11.8 Å². The molecule has 0 aliphatic rings. The summed E-state index contributed by atoms with van der Waals surface area (Å²) in [4.78, 5) is 21.3. The van der Waals surface area contributed by atoms with Crippen LogP contribution in [0.2, 0.25) is 0 Å². The molecule has 0 atom stereocenters. The summed E-state index contributed by atoms with van der Waals surface area (Å²) < 4.78 is 6.96. The number of fused-ring (bicyclic) bond motifs is 1. The first-order chi connectivity index (χ1) is 14.1. The first-order valence-corrected chi connectivity index (χ1v) is 10.1. The lowest BCUT2D eigenvalue weighted by molar-refractivity contribution is 0.102. The first kappa shape index (κ1) is 19.1.